The molecule has 2 heteroatoms. The van der Waals surface area contributed by atoms with Gasteiger partial charge in [-0.1, -0.05) is 24.3 Å². The molecule has 1 N–H and O–H groups in total. The number of hydrogen-bond donors (Lipinski definition) is 1. The Morgan fingerprint density at radius 3 is 2.59 bits per heavy atom. The third kappa shape index (κ3) is 2.03. The van der Waals surface area contributed by atoms with Gasteiger partial charge in [0.2, 0.25) is 0 Å². The van der Waals surface area contributed by atoms with Crippen molar-refractivity contribution < 1.29 is 4.39 Å². The van der Waals surface area contributed by atoms with Crippen molar-refractivity contribution in [3.8, 4) is 0 Å². The lowest BCUT2D eigenvalue weighted by atomic mass is 10.1. The number of anilines is 1. The Kier molecular flexibility index (Phi) is 2.56. The number of fused-ring (bicyclic) bond motifs is 1. The molecule has 2 aromatic carbocycles. The second-order valence-corrected chi connectivity index (χ2v) is 4.44. The molecule has 0 aromatic heterocycles. The van der Waals surface area contributed by atoms with Crippen LogP contribution in [0.3, 0.4) is 0 Å². The lowest BCUT2D eigenvalue weighted by Gasteiger charge is -2.15. The van der Waals surface area contributed by atoms with Crippen LogP contribution < -0.4 is 5.32 Å². The van der Waals surface area contributed by atoms with Crippen molar-refractivity contribution in [3.05, 3.63) is 65.5 Å². The normalized spacial score (nSPS) is 17.8. The van der Waals surface area contributed by atoms with Gasteiger partial charge in [-0.25, -0.2) is 4.39 Å². The third-order valence-electron chi connectivity index (χ3n) is 3.32. The number of aryl methyl sites for hydroxylation is 1. The molecule has 1 atom stereocenters. The van der Waals surface area contributed by atoms with E-state index in [-0.39, 0.29) is 5.82 Å². The molecule has 0 saturated heterocycles. The molecule has 0 saturated carbocycles. The molecule has 1 nitrogen and oxygen atoms in total. The molecule has 0 bridgehead atoms. The largest absolute Gasteiger partial charge is 0.378 e. The fraction of sp³-hybridized carbons (Fsp3) is 0.200. The number of benzene rings is 2. The molecule has 0 radical (unpaired) electrons. The molecule has 0 fully saturated rings. The summed E-state index contributed by atoms with van der Waals surface area (Å²) in [6, 6.07) is 15.4. The topological polar surface area (TPSA) is 12.0 Å². The van der Waals surface area contributed by atoms with Gasteiger partial charge in [-0.3, -0.25) is 0 Å². The van der Waals surface area contributed by atoms with Gasteiger partial charge < -0.3 is 5.32 Å². The summed E-state index contributed by atoms with van der Waals surface area (Å²) in [5.74, 6) is -0.192. The van der Waals surface area contributed by atoms with E-state index in [0.29, 0.717) is 6.04 Å². The zero-order chi connectivity index (χ0) is 11.7. The van der Waals surface area contributed by atoms with E-state index in [1.807, 2.05) is 0 Å². The van der Waals surface area contributed by atoms with E-state index in [1.54, 1.807) is 12.1 Å². The monoisotopic (exact) mass is 227 g/mol. The Morgan fingerprint density at radius 2 is 1.76 bits per heavy atom. The number of nitrogens with one attached hydrogen (secondary N) is 1. The minimum absolute atomic E-state index is 0.192. The van der Waals surface area contributed by atoms with Crippen LogP contribution in [-0.4, -0.2) is 0 Å². The van der Waals surface area contributed by atoms with Crippen LogP contribution in [0, 0.1) is 5.82 Å². The maximum Gasteiger partial charge on any atom is 0.123 e. The molecule has 2 aromatic rings. The van der Waals surface area contributed by atoms with E-state index in [0.717, 1.165) is 18.5 Å². The summed E-state index contributed by atoms with van der Waals surface area (Å²) in [6.07, 6.45) is 2.23. The Morgan fingerprint density at radius 1 is 1.00 bits per heavy atom. The highest BCUT2D eigenvalue weighted by atomic mass is 19.1. The molecule has 86 valence electrons. The predicted molar refractivity (Wildman–Crippen MR) is 67.5 cm³/mol. The van der Waals surface area contributed by atoms with Crippen LogP contribution in [0.25, 0.3) is 0 Å². The summed E-state index contributed by atoms with van der Waals surface area (Å²) in [7, 11) is 0. The Hall–Kier alpha value is -1.83. The van der Waals surface area contributed by atoms with Gasteiger partial charge in [0.25, 0.3) is 0 Å². The first-order chi connectivity index (χ1) is 8.33. The van der Waals surface area contributed by atoms with Crippen molar-refractivity contribution in [3.63, 3.8) is 0 Å². The molecule has 3 rings (SSSR count). The first-order valence-corrected chi connectivity index (χ1v) is 5.93. The maximum atomic E-state index is 12.8. The molecule has 17 heavy (non-hydrogen) atoms. The van der Waals surface area contributed by atoms with Crippen molar-refractivity contribution in [2.75, 3.05) is 5.32 Å². The molecule has 1 aliphatic carbocycles. The molecule has 1 aliphatic rings. The lowest BCUT2D eigenvalue weighted by molar-refractivity contribution is 0.627. The summed E-state index contributed by atoms with van der Waals surface area (Å²) < 4.78 is 12.8. The molecular formula is C15H14FN. The average Bonchev–Trinajstić information content (AvgIpc) is 2.76. The smallest absolute Gasteiger partial charge is 0.123 e. The number of hydrogen-bond acceptors (Lipinski definition) is 1. The summed E-state index contributed by atoms with van der Waals surface area (Å²) in [4.78, 5) is 0. The zero-order valence-electron chi connectivity index (χ0n) is 9.49. The van der Waals surface area contributed by atoms with Gasteiger partial charge in [0.15, 0.2) is 0 Å². The van der Waals surface area contributed by atoms with Crippen LogP contribution in [0.15, 0.2) is 48.5 Å². The van der Waals surface area contributed by atoms with E-state index >= 15 is 0 Å². The van der Waals surface area contributed by atoms with Gasteiger partial charge in [0.1, 0.15) is 5.82 Å². The van der Waals surface area contributed by atoms with Crippen molar-refractivity contribution in [2.24, 2.45) is 0 Å². The molecule has 0 heterocycles. The maximum absolute atomic E-state index is 12.8. The summed E-state index contributed by atoms with van der Waals surface area (Å²) >= 11 is 0. The Labute approximate surface area is 100 Å². The minimum atomic E-state index is -0.192. The van der Waals surface area contributed by atoms with Crippen molar-refractivity contribution in [1.82, 2.24) is 0 Å². The van der Waals surface area contributed by atoms with Crippen LogP contribution in [0.5, 0.6) is 0 Å². The van der Waals surface area contributed by atoms with Gasteiger partial charge in [0.05, 0.1) is 6.04 Å². The van der Waals surface area contributed by atoms with Crippen molar-refractivity contribution in [2.45, 2.75) is 18.9 Å². The Bertz CT molecular complexity index is 519. The molecule has 0 spiro atoms. The lowest BCUT2D eigenvalue weighted by Crippen LogP contribution is -2.06. The molecule has 1 unspecified atom stereocenters. The van der Waals surface area contributed by atoms with E-state index < -0.39 is 0 Å². The van der Waals surface area contributed by atoms with E-state index in [9.17, 15) is 4.39 Å². The first kappa shape index (κ1) is 10.3. The quantitative estimate of drug-likeness (QED) is 0.819. The van der Waals surface area contributed by atoms with Gasteiger partial charge in [-0.05, 0) is 48.2 Å². The van der Waals surface area contributed by atoms with Crippen LogP contribution >= 0.6 is 0 Å². The van der Waals surface area contributed by atoms with Crippen LogP contribution in [0.4, 0.5) is 10.1 Å². The van der Waals surface area contributed by atoms with Crippen LogP contribution in [0.1, 0.15) is 23.6 Å². The van der Waals surface area contributed by atoms with Crippen LogP contribution in [-0.2, 0) is 6.42 Å². The molecule has 0 aliphatic heterocycles. The minimum Gasteiger partial charge on any atom is -0.378 e. The highest BCUT2D eigenvalue weighted by molar-refractivity contribution is 5.48. The second kappa shape index (κ2) is 4.21. The molecule has 0 amide bonds. The van der Waals surface area contributed by atoms with Gasteiger partial charge in [0, 0.05) is 5.69 Å². The van der Waals surface area contributed by atoms with Crippen LogP contribution in [0.2, 0.25) is 0 Å². The summed E-state index contributed by atoms with van der Waals surface area (Å²) in [5.41, 5.74) is 3.78. The third-order valence-corrected chi connectivity index (χ3v) is 3.32. The highest BCUT2D eigenvalue weighted by Gasteiger charge is 2.21. The van der Waals surface area contributed by atoms with E-state index in [1.165, 1.54) is 23.3 Å². The van der Waals surface area contributed by atoms with E-state index in [2.05, 4.69) is 29.6 Å². The molecular weight excluding hydrogens is 213 g/mol. The van der Waals surface area contributed by atoms with Gasteiger partial charge in [-0.2, -0.15) is 0 Å². The second-order valence-electron chi connectivity index (χ2n) is 4.44. The zero-order valence-corrected chi connectivity index (χ0v) is 9.49. The average molecular weight is 227 g/mol. The highest BCUT2D eigenvalue weighted by Crippen LogP contribution is 2.33. The number of rotatable bonds is 2. The standard InChI is InChI=1S/C15H14FN/c16-12-6-8-13(9-7-12)17-15-10-5-11-3-1-2-4-14(11)15/h1-4,6-9,15,17H,5,10H2. The van der Waals surface area contributed by atoms with Gasteiger partial charge in [-0.15, -0.1) is 0 Å². The first-order valence-electron chi connectivity index (χ1n) is 5.93. The van der Waals surface area contributed by atoms with Gasteiger partial charge >= 0.3 is 0 Å². The van der Waals surface area contributed by atoms with Crippen molar-refractivity contribution in [1.29, 1.82) is 0 Å². The number of halogens is 1. The van der Waals surface area contributed by atoms with Crippen molar-refractivity contribution >= 4 is 5.69 Å². The fourth-order valence-corrected chi connectivity index (χ4v) is 2.45. The predicted octanol–water partition coefficient (Wildman–Crippen LogP) is 3.93. The Balaban J connectivity index is 1.81. The fourth-order valence-electron chi connectivity index (χ4n) is 2.45. The van der Waals surface area contributed by atoms with E-state index in [4.69, 9.17) is 0 Å². The SMILES string of the molecule is Fc1ccc(NC2CCc3ccccc32)cc1. The summed E-state index contributed by atoms with van der Waals surface area (Å²) in [6.45, 7) is 0. The summed E-state index contributed by atoms with van der Waals surface area (Å²) in [5, 5.41) is 3.46.